The highest BCUT2D eigenvalue weighted by atomic mass is 28.3. The van der Waals surface area contributed by atoms with Gasteiger partial charge in [0.1, 0.15) is 8.07 Å². The number of aryl methyl sites for hydroxylation is 1. The van der Waals surface area contributed by atoms with Crippen molar-refractivity contribution in [3.05, 3.63) is 35.9 Å². The molecule has 1 aromatic carbocycles. The van der Waals surface area contributed by atoms with E-state index in [0.717, 1.165) is 51.7 Å². The first kappa shape index (κ1) is 17.7. The summed E-state index contributed by atoms with van der Waals surface area (Å²) in [5.41, 5.74) is 5.21. The van der Waals surface area contributed by atoms with Gasteiger partial charge in [-0.25, -0.2) is 0 Å². The predicted molar refractivity (Wildman–Crippen MR) is 101 cm³/mol. The van der Waals surface area contributed by atoms with Crippen LogP contribution in [0.4, 0.5) is 0 Å². The van der Waals surface area contributed by atoms with Crippen LogP contribution in [0.2, 0.25) is 19.6 Å². The second-order valence-corrected chi connectivity index (χ2v) is 13.1. The molecule has 1 aliphatic heterocycles. The fraction of sp³-hybridized carbons (Fsp3) is 0.619. The lowest BCUT2D eigenvalue weighted by atomic mass is 9.69. The maximum Gasteiger partial charge on any atom is 0.168 e. The van der Waals surface area contributed by atoms with E-state index in [2.05, 4.69) is 61.4 Å². The third kappa shape index (κ3) is 4.50. The van der Waals surface area contributed by atoms with Crippen molar-refractivity contribution in [1.29, 1.82) is 0 Å². The Morgan fingerprint density at radius 1 is 0.958 bits per heavy atom. The fourth-order valence-electron chi connectivity index (χ4n) is 3.68. The monoisotopic (exact) mass is 342 g/mol. The molecule has 3 rings (SSSR count). The van der Waals surface area contributed by atoms with Gasteiger partial charge in [-0.05, 0) is 31.2 Å². The number of hydrogen-bond acceptors (Lipinski definition) is 2. The molecule has 1 saturated carbocycles. The molecular formula is C21H30O2Si. The Labute approximate surface area is 148 Å². The first-order valence-electron chi connectivity index (χ1n) is 9.27. The highest BCUT2D eigenvalue weighted by molar-refractivity contribution is 6.83. The van der Waals surface area contributed by atoms with Crippen LogP contribution in [-0.4, -0.2) is 27.1 Å². The van der Waals surface area contributed by atoms with Crippen LogP contribution < -0.4 is 0 Å². The van der Waals surface area contributed by atoms with E-state index in [9.17, 15) is 0 Å². The van der Waals surface area contributed by atoms with Gasteiger partial charge in [0.2, 0.25) is 0 Å². The lowest BCUT2D eigenvalue weighted by molar-refractivity contribution is -0.187. The molecule has 0 bridgehead atoms. The molecule has 1 spiro atoms. The standard InChI is InChI=1S/C21H30O2Si/c1-24(2,3)18-15-20(10-9-19-7-5-4-6-8-19)11-13-21(14-12-20)22-16-17-23-21/h4-8H,9-14,16-17H2,1-3H3. The van der Waals surface area contributed by atoms with Gasteiger partial charge in [-0.3, -0.25) is 0 Å². The molecule has 0 amide bonds. The van der Waals surface area contributed by atoms with E-state index < -0.39 is 8.07 Å². The van der Waals surface area contributed by atoms with Crippen LogP contribution >= 0.6 is 0 Å². The summed E-state index contributed by atoms with van der Waals surface area (Å²) in [6.45, 7) is 8.49. The zero-order chi connectivity index (χ0) is 17.1. The number of hydrogen-bond donors (Lipinski definition) is 0. The number of ether oxygens (including phenoxy) is 2. The first-order chi connectivity index (χ1) is 11.4. The molecule has 130 valence electrons. The Balaban J connectivity index is 1.73. The van der Waals surface area contributed by atoms with E-state index in [1.165, 1.54) is 5.56 Å². The minimum Gasteiger partial charge on any atom is -0.348 e. The van der Waals surface area contributed by atoms with Crippen molar-refractivity contribution in [2.24, 2.45) is 5.41 Å². The Bertz CT molecular complexity index is 590. The van der Waals surface area contributed by atoms with Gasteiger partial charge in [-0.15, -0.1) is 11.5 Å². The summed E-state index contributed by atoms with van der Waals surface area (Å²) in [5, 5.41) is 0. The molecule has 0 N–H and O–H groups in total. The van der Waals surface area contributed by atoms with Gasteiger partial charge in [-0.2, -0.15) is 0 Å². The molecule has 0 radical (unpaired) electrons. The predicted octanol–water partition coefficient (Wildman–Crippen LogP) is 4.80. The molecule has 2 nitrogen and oxygen atoms in total. The highest BCUT2D eigenvalue weighted by Crippen LogP contribution is 2.46. The summed E-state index contributed by atoms with van der Waals surface area (Å²) in [6, 6.07) is 10.8. The quantitative estimate of drug-likeness (QED) is 0.580. The van der Waals surface area contributed by atoms with Gasteiger partial charge in [0.05, 0.1) is 13.2 Å². The van der Waals surface area contributed by atoms with Crippen molar-refractivity contribution in [1.82, 2.24) is 0 Å². The molecule has 24 heavy (non-hydrogen) atoms. The van der Waals surface area contributed by atoms with Crippen molar-refractivity contribution in [2.45, 2.75) is 64.0 Å². The van der Waals surface area contributed by atoms with Crippen LogP contribution in [0.5, 0.6) is 0 Å². The van der Waals surface area contributed by atoms with Crippen molar-refractivity contribution in [2.75, 3.05) is 13.2 Å². The van der Waals surface area contributed by atoms with E-state index in [1.54, 1.807) is 0 Å². The molecule has 3 heteroatoms. The van der Waals surface area contributed by atoms with Gasteiger partial charge in [0, 0.05) is 18.3 Å². The molecule has 1 aliphatic carbocycles. The van der Waals surface area contributed by atoms with Crippen LogP contribution in [0.15, 0.2) is 30.3 Å². The van der Waals surface area contributed by atoms with Crippen molar-refractivity contribution in [3.63, 3.8) is 0 Å². The molecule has 1 heterocycles. The Morgan fingerprint density at radius 2 is 1.58 bits per heavy atom. The lowest BCUT2D eigenvalue weighted by Gasteiger charge is -2.41. The molecule has 2 fully saturated rings. The van der Waals surface area contributed by atoms with Gasteiger partial charge >= 0.3 is 0 Å². The van der Waals surface area contributed by atoms with Crippen LogP contribution in [-0.2, 0) is 15.9 Å². The van der Waals surface area contributed by atoms with Gasteiger partial charge in [0.25, 0.3) is 0 Å². The highest BCUT2D eigenvalue weighted by Gasteiger charge is 2.45. The van der Waals surface area contributed by atoms with E-state index in [-0.39, 0.29) is 11.2 Å². The largest absolute Gasteiger partial charge is 0.348 e. The fourth-order valence-corrected chi connectivity index (χ4v) is 4.32. The normalized spacial score (nSPS) is 22.1. The van der Waals surface area contributed by atoms with Crippen LogP contribution in [0.1, 0.15) is 37.7 Å². The molecule has 1 saturated heterocycles. The Hall–Kier alpha value is -1.08. The third-order valence-corrected chi connectivity index (χ3v) is 6.10. The zero-order valence-electron chi connectivity index (χ0n) is 15.4. The van der Waals surface area contributed by atoms with E-state index >= 15 is 0 Å². The topological polar surface area (TPSA) is 18.5 Å². The van der Waals surface area contributed by atoms with Gasteiger partial charge in [-0.1, -0.05) is 50.0 Å². The summed E-state index contributed by atoms with van der Waals surface area (Å²) < 4.78 is 11.8. The summed E-state index contributed by atoms with van der Waals surface area (Å²) in [7, 11) is -1.36. The average molecular weight is 343 g/mol. The third-order valence-electron chi connectivity index (χ3n) is 5.22. The molecule has 1 aromatic rings. The van der Waals surface area contributed by atoms with Crippen LogP contribution in [0.3, 0.4) is 0 Å². The van der Waals surface area contributed by atoms with Crippen molar-refractivity contribution < 1.29 is 9.47 Å². The van der Waals surface area contributed by atoms with Gasteiger partial charge in [0.15, 0.2) is 5.79 Å². The zero-order valence-corrected chi connectivity index (χ0v) is 16.4. The smallest absolute Gasteiger partial charge is 0.168 e. The Morgan fingerprint density at radius 3 is 2.17 bits per heavy atom. The van der Waals surface area contributed by atoms with E-state index in [1.807, 2.05) is 0 Å². The summed E-state index contributed by atoms with van der Waals surface area (Å²) in [4.78, 5) is 0. The number of benzene rings is 1. The second kappa shape index (κ2) is 7.04. The maximum atomic E-state index is 5.92. The molecular weight excluding hydrogens is 312 g/mol. The first-order valence-corrected chi connectivity index (χ1v) is 12.8. The molecule has 2 aliphatic rings. The molecule has 0 atom stereocenters. The van der Waals surface area contributed by atoms with Gasteiger partial charge < -0.3 is 9.47 Å². The minimum atomic E-state index is -1.36. The summed E-state index contributed by atoms with van der Waals surface area (Å²) in [5.74, 6) is 3.46. The second-order valence-electron chi connectivity index (χ2n) is 8.37. The number of rotatable bonds is 3. The van der Waals surface area contributed by atoms with E-state index in [4.69, 9.17) is 9.47 Å². The summed E-state index contributed by atoms with van der Waals surface area (Å²) >= 11 is 0. The minimum absolute atomic E-state index is 0.136. The van der Waals surface area contributed by atoms with Crippen LogP contribution in [0, 0.1) is 16.9 Å². The summed E-state index contributed by atoms with van der Waals surface area (Å²) in [6.07, 6.45) is 6.42. The van der Waals surface area contributed by atoms with Crippen LogP contribution in [0.25, 0.3) is 0 Å². The Kier molecular flexibility index (Phi) is 5.20. The SMILES string of the molecule is C[Si](C)(C)C#CC1(CCc2ccccc2)CCC2(CC1)OCCO2. The van der Waals surface area contributed by atoms with Crippen molar-refractivity contribution in [3.8, 4) is 11.5 Å². The average Bonchev–Trinajstić information content (AvgIpc) is 3.03. The lowest BCUT2D eigenvalue weighted by Crippen LogP contribution is -2.40. The van der Waals surface area contributed by atoms with Crippen molar-refractivity contribution >= 4 is 8.07 Å². The molecule has 0 aromatic heterocycles. The maximum absolute atomic E-state index is 5.92. The van der Waals surface area contributed by atoms with E-state index in [0.29, 0.717) is 0 Å². The molecule has 0 unspecified atom stereocenters.